The number of methoxy groups -OCH3 is 2. The monoisotopic (exact) mass is 239 g/mol. The molecule has 0 aliphatic rings. The Morgan fingerprint density at radius 2 is 1.94 bits per heavy atom. The molecule has 0 amide bonds. The Morgan fingerprint density at radius 1 is 1.24 bits per heavy atom. The number of ether oxygens (including phenoxy) is 2. The minimum atomic E-state index is 0.0526. The molecule has 0 heterocycles. The molecule has 17 heavy (non-hydrogen) atoms. The predicted octanol–water partition coefficient (Wildman–Crippen LogP) is 1.74. The highest BCUT2D eigenvalue weighted by molar-refractivity contribution is 5.42. The van der Waals surface area contributed by atoms with Crippen LogP contribution in [0.5, 0.6) is 11.5 Å². The summed E-state index contributed by atoms with van der Waals surface area (Å²) in [5.74, 6) is 1.56. The van der Waals surface area contributed by atoms with Crippen LogP contribution in [-0.2, 0) is 0 Å². The van der Waals surface area contributed by atoms with Crippen LogP contribution in [0.4, 0.5) is 0 Å². The minimum absolute atomic E-state index is 0.0526. The van der Waals surface area contributed by atoms with Crippen LogP contribution in [0.3, 0.4) is 0 Å². The Kier molecular flexibility index (Phi) is 5.25. The first-order chi connectivity index (χ1) is 8.12. The lowest BCUT2D eigenvalue weighted by molar-refractivity contribution is 0.242. The van der Waals surface area contributed by atoms with Crippen molar-refractivity contribution >= 4 is 0 Å². The van der Waals surface area contributed by atoms with Gasteiger partial charge in [0.25, 0.3) is 0 Å². The van der Waals surface area contributed by atoms with E-state index >= 15 is 0 Å². The minimum Gasteiger partial charge on any atom is -0.497 e. The number of hydrogen-bond donors (Lipinski definition) is 2. The Bertz CT molecular complexity index is 355. The van der Waals surface area contributed by atoms with Crippen LogP contribution in [-0.4, -0.2) is 32.0 Å². The van der Waals surface area contributed by atoms with Crippen LogP contribution in [0.15, 0.2) is 18.2 Å². The second-order valence-electron chi connectivity index (χ2n) is 4.08. The molecule has 4 heteroatoms. The van der Waals surface area contributed by atoms with Crippen LogP contribution < -0.4 is 14.8 Å². The third kappa shape index (κ3) is 3.61. The summed E-state index contributed by atoms with van der Waals surface area (Å²) in [4.78, 5) is 0. The van der Waals surface area contributed by atoms with Gasteiger partial charge in [0.05, 0.1) is 20.8 Å². The van der Waals surface area contributed by atoms with E-state index in [2.05, 4.69) is 5.32 Å². The van der Waals surface area contributed by atoms with E-state index in [1.807, 2.05) is 32.0 Å². The summed E-state index contributed by atoms with van der Waals surface area (Å²) in [5, 5.41) is 12.3. The molecule has 2 atom stereocenters. The van der Waals surface area contributed by atoms with Crippen LogP contribution >= 0.6 is 0 Å². The zero-order valence-electron chi connectivity index (χ0n) is 10.9. The van der Waals surface area contributed by atoms with Gasteiger partial charge in [0.15, 0.2) is 0 Å². The molecule has 2 unspecified atom stereocenters. The number of aliphatic hydroxyl groups is 1. The van der Waals surface area contributed by atoms with E-state index in [0.29, 0.717) is 0 Å². The molecular formula is C13H21NO3. The summed E-state index contributed by atoms with van der Waals surface area (Å²) in [6.07, 6.45) is 0. The van der Waals surface area contributed by atoms with Gasteiger partial charge >= 0.3 is 0 Å². The summed E-state index contributed by atoms with van der Waals surface area (Å²) in [6, 6.07) is 5.89. The molecule has 1 aromatic carbocycles. The van der Waals surface area contributed by atoms with Crippen LogP contribution in [0.25, 0.3) is 0 Å². The van der Waals surface area contributed by atoms with E-state index in [1.165, 1.54) is 0 Å². The molecule has 0 spiro atoms. The lowest BCUT2D eigenvalue weighted by Crippen LogP contribution is -2.31. The Labute approximate surface area is 103 Å². The maximum Gasteiger partial charge on any atom is 0.127 e. The molecule has 1 rings (SSSR count). The van der Waals surface area contributed by atoms with Crippen molar-refractivity contribution in [3.63, 3.8) is 0 Å². The van der Waals surface area contributed by atoms with Gasteiger partial charge in [0, 0.05) is 23.7 Å². The number of aliphatic hydroxyl groups excluding tert-OH is 1. The predicted molar refractivity (Wildman–Crippen MR) is 67.6 cm³/mol. The quantitative estimate of drug-likeness (QED) is 0.794. The Morgan fingerprint density at radius 3 is 2.47 bits per heavy atom. The fourth-order valence-corrected chi connectivity index (χ4v) is 1.75. The van der Waals surface area contributed by atoms with Crippen LogP contribution in [0.2, 0.25) is 0 Å². The van der Waals surface area contributed by atoms with Crippen molar-refractivity contribution in [3.8, 4) is 11.5 Å². The van der Waals surface area contributed by atoms with E-state index in [0.717, 1.165) is 17.1 Å². The molecular weight excluding hydrogens is 218 g/mol. The average Bonchev–Trinajstić information content (AvgIpc) is 2.37. The summed E-state index contributed by atoms with van der Waals surface area (Å²) in [7, 11) is 3.27. The van der Waals surface area contributed by atoms with E-state index in [-0.39, 0.29) is 18.7 Å². The van der Waals surface area contributed by atoms with Crippen molar-refractivity contribution in [1.29, 1.82) is 0 Å². The molecule has 0 bridgehead atoms. The van der Waals surface area contributed by atoms with Crippen molar-refractivity contribution in [2.45, 2.75) is 25.9 Å². The molecule has 0 fully saturated rings. The van der Waals surface area contributed by atoms with E-state index < -0.39 is 0 Å². The van der Waals surface area contributed by atoms with Crippen molar-refractivity contribution < 1.29 is 14.6 Å². The fraction of sp³-hybridized carbons (Fsp3) is 0.538. The topological polar surface area (TPSA) is 50.7 Å². The summed E-state index contributed by atoms with van der Waals surface area (Å²) >= 11 is 0. The first-order valence-electron chi connectivity index (χ1n) is 5.71. The summed E-state index contributed by atoms with van der Waals surface area (Å²) in [5.41, 5.74) is 1.05. The van der Waals surface area contributed by atoms with Gasteiger partial charge < -0.3 is 19.9 Å². The highest BCUT2D eigenvalue weighted by atomic mass is 16.5. The molecule has 4 nitrogen and oxygen atoms in total. The van der Waals surface area contributed by atoms with E-state index in [4.69, 9.17) is 14.6 Å². The standard InChI is InChI=1S/C13H21NO3/c1-9(8-15)14-10(2)12-6-5-11(16-3)7-13(12)17-4/h5-7,9-10,14-15H,8H2,1-4H3. The van der Waals surface area contributed by atoms with Crippen molar-refractivity contribution in [2.24, 2.45) is 0 Å². The van der Waals surface area contributed by atoms with Crippen molar-refractivity contribution in [1.82, 2.24) is 5.32 Å². The third-order valence-electron chi connectivity index (χ3n) is 2.72. The third-order valence-corrected chi connectivity index (χ3v) is 2.72. The first-order valence-corrected chi connectivity index (χ1v) is 5.71. The van der Waals surface area contributed by atoms with Gasteiger partial charge in [-0.1, -0.05) is 6.07 Å². The van der Waals surface area contributed by atoms with E-state index in [9.17, 15) is 0 Å². The molecule has 0 aliphatic heterocycles. The van der Waals surface area contributed by atoms with Crippen LogP contribution in [0.1, 0.15) is 25.5 Å². The van der Waals surface area contributed by atoms with Crippen molar-refractivity contribution in [3.05, 3.63) is 23.8 Å². The Balaban J connectivity index is 2.88. The molecule has 0 saturated carbocycles. The maximum absolute atomic E-state index is 9.03. The number of hydrogen-bond acceptors (Lipinski definition) is 4. The van der Waals surface area contributed by atoms with E-state index in [1.54, 1.807) is 14.2 Å². The zero-order valence-corrected chi connectivity index (χ0v) is 10.9. The van der Waals surface area contributed by atoms with Gasteiger partial charge in [-0.2, -0.15) is 0 Å². The lowest BCUT2D eigenvalue weighted by Gasteiger charge is -2.21. The van der Waals surface area contributed by atoms with Crippen LogP contribution in [0, 0.1) is 0 Å². The van der Waals surface area contributed by atoms with Gasteiger partial charge in [-0.3, -0.25) is 0 Å². The molecule has 1 aromatic rings. The maximum atomic E-state index is 9.03. The van der Waals surface area contributed by atoms with Gasteiger partial charge in [-0.25, -0.2) is 0 Å². The zero-order chi connectivity index (χ0) is 12.8. The SMILES string of the molecule is COc1ccc(C(C)NC(C)CO)c(OC)c1. The highest BCUT2D eigenvalue weighted by Gasteiger charge is 2.14. The number of rotatable bonds is 6. The second-order valence-corrected chi connectivity index (χ2v) is 4.08. The summed E-state index contributed by atoms with van der Waals surface area (Å²) < 4.78 is 10.5. The largest absolute Gasteiger partial charge is 0.497 e. The van der Waals surface area contributed by atoms with Gasteiger partial charge in [0.1, 0.15) is 11.5 Å². The second kappa shape index (κ2) is 6.47. The number of nitrogens with one attached hydrogen (secondary N) is 1. The molecule has 0 aromatic heterocycles. The van der Waals surface area contributed by atoms with Crippen molar-refractivity contribution in [2.75, 3.05) is 20.8 Å². The molecule has 96 valence electrons. The molecule has 2 N–H and O–H groups in total. The highest BCUT2D eigenvalue weighted by Crippen LogP contribution is 2.29. The molecule has 0 aliphatic carbocycles. The molecule has 0 radical (unpaired) electrons. The number of benzene rings is 1. The average molecular weight is 239 g/mol. The van der Waals surface area contributed by atoms with Gasteiger partial charge in [0.2, 0.25) is 0 Å². The fourth-order valence-electron chi connectivity index (χ4n) is 1.75. The smallest absolute Gasteiger partial charge is 0.127 e. The molecule has 0 saturated heterocycles. The normalized spacial score (nSPS) is 14.2. The lowest BCUT2D eigenvalue weighted by atomic mass is 10.1. The summed E-state index contributed by atoms with van der Waals surface area (Å²) in [6.45, 7) is 4.09. The Hall–Kier alpha value is -1.26. The van der Waals surface area contributed by atoms with Gasteiger partial charge in [-0.15, -0.1) is 0 Å². The first kappa shape index (κ1) is 13.8. The van der Waals surface area contributed by atoms with Gasteiger partial charge in [-0.05, 0) is 19.9 Å².